The molecule has 0 N–H and O–H groups in total. The molecule has 0 atom stereocenters. The van der Waals surface area contributed by atoms with Gasteiger partial charge < -0.3 is 4.74 Å². The van der Waals surface area contributed by atoms with E-state index in [2.05, 4.69) is 12.1 Å². The largest absolute Gasteiger partial charge is 0.496 e. The summed E-state index contributed by atoms with van der Waals surface area (Å²) >= 11 is 0.907. The number of thioether (sulfide) groups is 1. The maximum atomic E-state index is 14.1. The van der Waals surface area contributed by atoms with Gasteiger partial charge in [-0.15, -0.1) is 0 Å². The van der Waals surface area contributed by atoms with E-state index in [1.165, 1.54) is 50.2 Å². The third kappa shape index (κ3) is 3.67. The molecule has 4 saturated carbocycles. The van der Waals surface area contributed by atoms with Gasteiger partial charge in [-0.3, -0.25) is 14.5 Å². The number of imide groups is 1. The van der Waals surface area contributed by atoms with Gasteiger partial charge in [0.2, 0.25) is 0 Å². The van der Waals surface area contributed by atoms with E-state index >= 15 is 0 Å². The van der Waals surface area contributed by atoms with Gasteiger partial charge in [-0.2, -0.15) is 0 Å². The van der Waals surface area contributed by atoms with Gasteiger partial charge in [0.1, 0.15) is 11.6 Å². The normalized spacial score (nSPS) is 31.1. The summed E-state index contributed by atoms with van der Waals surface area (Å²) in [5.74, 6) is 2.40. The first kappa shape index (κ1) is 21.9. The van der Waals surface area contributed by atoms with Crippen molar-refractivity contribution in [3.8, 4) is 5.75 Å². The van der Waals surface area contributed by atoms with Gasteiger partial charge in [0.25, 0.3) is 11.1 Å². The van der Waals surface area contributed by atoms with Crippen LogP contribution in [0.3, 0.4) is 0 Å². The van der Waals surface area contributed by atoms with Gasteiger partial charge in [-0.1, -0.05) is 24.3 Å². The summed E-state index contributed by atoms with van der Waals surface area (Å²) in [6, 6.07) is 12.6. The van der Waals surface area contributed by atoms with Crippen molar-refractivity contribution < 1.29 is 18.7 Å². The first-order valence-electron chi connectivity index (χ1n) is 12.1. The van der Waals surface area contributed by atoms with Crippen molar-refractivity contribution in [1.82, 2.24) is 4.90 Å². The molecule has 4 aliphatic carbocycles. The van der Waals surface area contributed by atoms with Crippen molar-refractivity contribution in [3.63, 3.8) is 0 Å². The minimum atomic E-state index is -0.421. The molecule has 5 aliphatic rings. The highest BCUT2D eigenvalue weighted by atomic mass is 32.2. The van der Waals surface area contributed by atoms with Crippen LogP contribution in [0, 0.1) is 23.6 Å². The van der Waals surface area contributed by atoms with E-state index in [0.29, 0.717) is 16.2 Å². The number of amides is 2. The Morgan fingerprint density at radius 1 is 1.06 bits per heavy atom. The summed E-state index contributed by atoms with van der Waals surface area (Å²) in [4.78, 5) is 27.2. The van der Waals surface area contributed by atoms with E-state index in [1.54, 1.807) is 31.4 Å². The Morgan fingerprint density at radius 3 is 2.38 bits per heavy atom. The first-order chi connectivity index (χ1) is 16.4. The summed E-state index contributed by atoms with van der Waals surface area (Å²) in [6.07, 6.45) is 9.69. The van der Waals surface area contributed by atoms with Crippen LogP contribution in [-0.4, -0.2) is 23.2 Å². The molecule has 1 heterocycles. The highest BCUT2D eigenvalue weighted by Gasteiger charge is 2.51. The lowest BCUT2D eigenvalue weighted by Gasteiger charge is -2.57. The number of halogens is 1. The van der Waals surface area contributed by atoms with Crippen molar-refractivity contribution in [2.24, 2.45) is 17.8 Å². The van der Waals surface area contributed by atoms with Crippen LogP contribution >= 0.6 is 11.8 Å². The molecule has 0 unspecified atom stereocenters. The van der Waals surface area contributed by atoms with E-state index in [4.69, 9.17) is 4.74 Å². The molecular formula is C28H28FNO3S. The van der Waals surface area contributed by atoms with E-state index in [1.807, 2.05) is 6.07 Å². The first-order valence-corrected chi connectivity index (χ1v) is 12.9. The number of hydrogen-bond donors (Lipinski definition) is 0. The number of rotatable bonds is 5. The Kier molecular flexibility index (Phi) is 5.32. The zero-order chi connectivity index (χ0) is 23.4. The molecule has 0 radical (unpaired) electrons. The Labute approximate surface area is 203 Å². The van der Waals surface area contributed by atoms with Gasteiger partial charge in [0.05, 0.1) is 18.6 Å². The lowest BCUT2D eigenvalue weighted by Crippen LogP contribution is -2.48. The molecule has 6 heteroatoms. The number of ether oxygens (including phenoxy) is 1. The van der Waals surface area contributed by atoms with Crippen LogP contribution in [0.2, 0.25) is 0 Å². The predicted octanol–water partition coefficient (Wildman–Crippen LogP) is 6.54. The highest BCUT2D eigenvalue weighted by Crippen LogP contribution is 2.61. The fourth-order valence-electron chi connectivity index (χ4n) is 7.22. The number of nitrogens with zero attached hydrogens (tertiary/aromatic N) is 1. The number of methoxy groups -OCH3 is 1. The molecule has 1 aliphatic heterocycles. The molecule has 2 amide bonds. The second-order valence-corrected chi connectivity index (χ2v) is 11.5. The van der Waals surface area contributed by atoms with Crippen LogP contribution < -0.4 is 4.74 Å². The van der Waals surface area contributed by atoms with E-state index < -0.39 is 5.82 Å². The smallest absolute Gasteiger partial charge is 0.293 e. The van der Waals surface area contributed by atoms with Gasteiger partial charge in [-0.25, -0.2) is 4.39 Å². The topological polar surface area (TPSA) is 46.6 Å². The molecular weight excluding hydrogens is 449 g/mol. The number of hydrogen-bond acceptors (Lipinski definition) is 4. The van der Waals surface area contributed by atoms with Crippen molar-refractivity contribution in [1.29, 1.82) is 0 Å². The van der Waals surface area contributed by atoms with Gasteiger partial charge in [0, 0.05) is 11.1 Å². The molecule has 176 valence electrons. The van der Waals surface area contributed by atoms with Crippen LogP contribution in [0.15, 0.2) is 47.4 Å². The maximum absolute atomic E-state index is 14.1. The molecule has 2 aromatic carbocycles. The Balaban J connectivity index is 1.31. The molecule has 4 bridgehead atoms. The monoisotopic (exact) mass is 477 g/mol. The molecule has 34 heavy (non-hydrogen) atoms. The number of carbonyl (C=O) groups excluding carboxylic acids is 2. The van der Waals surface area contributed by atoms with E-state index in [-0.39, 0.29) is 23.1 Å². The number of benzene rings is 2. The fourth-order valence-corrected chi connectivity index (χ4v) is 8.04. The standard InChI is InChI=1S/C28H28FNO3S/c1-33-24-7-6-22(28-13-17-8-18(14-28)10-19(9-17)15-28)11-21(24)12-25-26(31)30(27(32)34-25)16-20-4-2-3-5-23(20)29/h2-7,11-12,17-19H,8-10,13-16H2,1H3/b25-12+. The third-order valence-corrected chi connectivity index (χ3v) is 9.23. The van der Waals surface area contributed by atoms with Crippen LogP contribution in [0.1, 0.15) is 55.2 Å². The average molecular weight is 478 g/mol. The van der Waals surface area contributed by atoms with E-state index in [0.717, 1.165) is 40.0 Å². The average Bonchev–Trinajstić information content (AvgIpc) is 3.07. The second-order valence-electron chi connectivity index (χ2n) is 10.5. The van der Waals surface area contributed by atoms with Crippen molar-refractivity contribution in [2.45, 2.75) is 50.5 Å². The maximum Gasteiger partial charge on any atom is 0.293 e. The SMILES string of the molecule is COc1ccc(C23CC4CC(CC(C4)C2)C3)cc1/C=C1/SC(=O)N(Cc2ccccc2F)C1=O. The molecule has 2 aromatic rings. The molecule has 1 saturated heterocycles. The van der Waals surface area contributed by atoms with Gasteiger partial charge in [-0.05, 0) is 103 Å². The molecule has 0 spiro atoms. The van der Waals surface area contributed by atoms with Crippen LogP contribution in [0.5, 0.6) is 5.75 Å². The lowest BCUT2D eigenvalue weighted by atomic mass is 9.48. The summed E-state index contributed by atoms with van der Waals surface area (Å²) in [5, 5.41) is -0.379. The molecule has 4 nitrogen and oxygen atoms in total. The van der Waals surface area contributed by atoms with Crippen LogP contribution in [0.25, 0.3) is 6.08 Å². The fraction of sp³-hybridized carbons (Fsp3) is 0.429. The minimum Gasteiger partial charge on any atom is -0.496 e. The predicted molar refractivity (Wildman–Crippen MR) is 131 cm³/mol. The zero-order valence-corrected chi connectivity index (χ0v) is 20.1. The van der Waals surface area contributed by atoms with Gasteiger partial charge >= 0.3 is 0 Å². The summed E-state index contributed by atoms with van der Waals surface area (Å²) < 4.78 is 19.7. The van der Waals surface area contributed by atoms with Crippen molar-refractivity contribution in [2.75, 3.05) is 7.11 Å². The quantitative estimate of drug-likeness (QED) is 0.459. The third-order valence-electron chi connectivity index (χ3n) is 8.33. The molecule has 0 aromatic heterocycles. The Hall–Kier alpha value is -2.60. The Morgan fingerprint density at radius 2 is 1.74 bits per heavy atom. The summed E-state index contributed by atoms with van der Waals surface area (Å²) in [5.41, 5.74) is 2.72. The van der Waals surface area contributed by atoms with Crippen LogP contribution in [0.4, 0.5) is 9.18 Å². The van der Waals surface area contributed by atoms with Gasteiger partial charge in [0.15, 0.2) is 0 Å². The van der Waals surface area contributed by atoms with Crippen molar-refractivity contribution >= 4 is 29.0 Å². The molecule has 5 fully saturated rings. The summed E-state index contributed by atoms with van der Waals surface area (Å²) in [6.45, 7) is -0.0703. The summed E-state index contributed by atoms with van der Waals surface area (Å²) in [7, 11) is 1.63. The molecule has 7 rings (SSSR count). The highest BCUT2D eigenvalue weighted by molar-refractivity contribution is 8.18. The minimum absolute atomic E-state index is 0.0703. The van der Waals surface area contributed by atoms with Crippen molar-refractivity contribution in [3.05, 3.63) is 69.9 Å². The Bertz CT molecular complexity index is 1170. The zero-order valence-electron chi connectivity index (χ0n) is 19.3. The second kappa shape index (κ2) is 8.26. The van der Waals surface area contributed by atoms with E-state index in [9.17, 15) is 14.0 Å². The van der Waals surface area contributed by atoms with Crippen LogP contribution in [-0.2, 0) is 16.8 Å². The number of carbonyl (C=O) groups is 2. The lowest BCUT2D eigenvalue weighted by molar-refractivity contribution is -0.123.